The van der Waals surface area contributed by atoms with Crippen LogP contribution in [-0.4, -0.2) is 20.9 Å². The molecule has 0 aliphatic rings. The van der Waals surface area contributed by atoms with Crippen molar-refractivity contribution in [2.45, 2.75) is 25.5 Å². The van der Waals surface area contributed by atoms with Crippen molar-refractivity contribution < 1.29 is 11.3 Å². The van der Waals surface area contributed by atoms with Gasteiger partial charge in [0.05, 0.1) is 0 Å². The summed E-state index contributed by atoms with van der Waals surface area (Å²) in [6.45, 7) is 3.45. The van der Waals surface area contributed by atoms with E-state index in [1.807, 2.05) is 18.2 Å². The maximum atomic E-state index is 12.4. The van der Waals surface area contributed by atoms with Gasteiger partial charge in [-0.05, 0) is 0 Å². The van der Waals surface area contributed by atoms with Crippen LogP contribution in [0, 0.1) is 0 Å². The van der Waals surface area contributed by atoms with Crippen LogP contribution in [0.5, 0.6) is 5.75 Å². The molecular weight excluding hydrogens is 292 g/mol. The molecule has 0 fully saturated rings. The van der Waals surface area contributed by atoms with E-state index in [9.17, 15) is 3.83 Å². The van der Waals surface area contributed by atoms with E-state index in [2.05, 4.69) is 6.92 Å². The molecule has 0 radical (unpaired) electrons. The van der Waals surface area contributed by atoms with E-state index in [1.54, 1.807) is 19.2 Å². The molecule has 2 rings (SSSR count). The Bertz CT molecular complexity index is 663. The molecule has 0 aliphatic heterocycles. The molecule has 0 saturated carbocycles. The third-order valence-electron chi connectivity index (χ3n) is 3.01. The standard InChI is InChI=1S/C15H18O2Se/c1-4-11-6-7-12-13(10-11)14(17-3)8-9-15(12)18(16)5-2/h6-10H,4-5H2,1-3H3/i5+1DH/t5-,18?/m1/s1. The number of benzene rings is 2. The Kier molecular flexibility index (Phi) is 3.36. The van der Waals surface area contributed by atoms with E-state index in [-0.39, 0.29) is 0 Å². The summed E-state index contributed by atoms with van der Waals surface area (Å²) in [5.74, 6) is 0.731. The molecule has 0 N–H and O–H groups in total. The second-order valence-corrected chi connectivity index (χ2v) is 6.88. The zero-order chi connectivity index (χ0) is 14.9. The number of fused-ring (bicyclic) bond motifs is 1. The van der Waals surface area contributed by atoms with Crippen LogP contribution in [0.1, 0.15) is 22.2 Å². The van der Waals surface area contributed by atoms with Crippen LogP contribution in [0.15, 0.2) is 30.3 Å². The summed E-state index contributed by atoms with van der Waals surface area (Å²) < 4.78 is 33.8. The normalized spacial score (nSPS) is 17.7. The second-order valence-electron chi connectivity index (χ2n) is 3.97. The van der Waals surface area contributed by atoms with Gasteiger partial charge in [-0.1, -0.05) is 0 Å². The van der Waals surface area contributed by atoms with Crippen molar-refractivity contribution in [2.24, 2.45) is 0 Å². The van der Waals surface area contributed by atoms with Crippen molar-refractivity contribution >= 4 is 29.1 Å². The molecule has 3 heteroatoms. The predicted octanol–water partition coefficient (Wildman–Crippen LogP) is 3.06. The molecule has 0 amide bonds. The Hall–Kier alpha value is -1.18. The molecule has 18 heavy (non-hydrogen) atoms. The van der Waals surface area contributed by atoms with Gasteiger partial charge in [0.1, 0.15) is 0 Å². The van der Waals surface area contributed by atoms with E-state index in [1.165, 1.54) is 12.5 Å². The van der Waals surface area contributed by atoms with Crippen molar-refractivity contribution in [2.75, 3.05) is 7.11 Å². The van der Waals surface area contributed by atoms with Gasteiger partial charge >= 0.3 is 115 Å². The van der Waals surface area contributed by atoms with E-state index in [0.717, 1.165) is 22.9 Å². The molecule has 0 spiro atoms. The van der Waals surface area contributed by atoms with Gasteiger partial charge in [-0.15, -0.1) is 0 Å². The fraction of sp³-hybridized carbons (Fsp3) is 0.333. The van der Waals surface area contributed by atoms with Crippen molar-refractivity contribution in [1.29, 1.82) is 0 Å². The molecule has 2 nitrogen and oxygen atoms in total. The van der Waals surface area contributed by atoms with Gasteiger partial charge < -0.3 is 0 Å². The summed E-state index contributed by atoms with van der Waals surface area (Å²) in [7, 11) is 1.61. The Morgan fingerprint density at radius 2 is 2.11 bits per heavy atom. The van der Waals surface area contributed by atoms with Crippen LogP contribution >= 0.6 is 0 Å². The third-order valence-corrected chi connectivity index (χ3v) is 5.38. The van der Waals surface area contributed by atoms with Gasteiger partial charge in [0.25, 0.3) is 0 Å². The summed E-state index contributed by atoms with van der Waals surface area (Å²) >= 11 is -2.78. The van der Waals surface area contributed by atoms with Crippen LogP contribution in [0.25, 0.3) is 10.8 Å². The molecule has 2 atom stereocenters. The Balaban J connectivity index is 2.73. The topological polar surface area (TPSA) is 26.3 Å². The molecule has 96 valence electrons. The number of ether oxygens (including phenoxy) is 1. The molecule has 0 bridgehead atoms. The first-order chi connectivity index (χ1) is 9.38. The summed E-state index contributed by atoms with van der Waals surface area (Å²) in [6.07, 6.45) is 0.912. The molecule has 2 aromatic carbocycles. The number of aryl methyl sites for hydroxylation is 1. The van der Waals surface area contributed by atoms with Crippen LogP contribution in [0.3, 0.4) is 0 Å². The molecule has 0 aromatic heterocycles. The van der Waals surface area contributed by atoms with Gasteiger partial charge in [-0.3, -0.25) is 0 Å². The zero-order valence-electron chi connectivity index (χ0n) is 12.8. The summed E-state index contributed by atoms with van der Waals surface area (Å²) in [5.41, 5.74) is 1.18. The van der Waals surface area contributed by atoms with Crippen LogP contribution < -0.4 is 9.20 Å². The quantitative estimate of drug-likeness (QED) is 0.641. The van der Waals surface area contributed by atoms with E-state index < -0.39 is 19.1 Å². The van der Waals surface area contributed by atoms with E-state index in [0.29, 0.717) is 4.46 Å². The number of rotatable bonds is 4. The first-order valence-electron chi connectivity index (χ1n) is 6.90. The van der Waals surface area contributed by atoms with Crippen LogP contribution in [0.4, 0.5) is 0 Å². The minimum absolute atomic E-state index is 0.607. The van der Waals surface area contributed by atoms with Gasteiger partial charge in [-0.25, -0.2) is 0 Å². The molecule has 0 saturated heterocycles. The minimum atomic E-state index is -2.78. The average molecular weight is 311 g/mol. The molecular formula is C15H18O2Se. The zero-order valence-corrected chi connectivity index (χ0v) is 12.5. The number of hydrogen-bond donors (Lipinski definition) is 0. The van der Waals surface area contributed by atoms with Crippen LogP contribution in [-0.2, 0) is 10.3 Å². The summed E-state index contributed by atoms with van der Waals surface area (Å²) in [6, 6.07) is 9.45. The SMILES string of the molecule is [1H][13C@@]([2H])(C)[Se](=O)c1ccc(OC)c2cc(CC)ccc12. The van der Waals surface area contributed by atoms with Crippen molar-refractivity contribution in [1.82, 2.24) is 0 Å². The van der Waals surface area contributed by atoms with Crippen LogP contribution in [0.2, 0.25) is 5.27 Å². The first-order valence-corrected chi connectivity index (χ1v) is 8.31. The van der Waals surface area contributed by atoms with E-state index in [4.69, 9.17) is 7.48 Å². The molecule has 0 heterocycles. The molecule has 0 aliphatic carbocycles. The molecule has 1 unspecified atom stereocenters. The maximum absolute atomic E-state index is 12.4. The van der Waals surface area contributed by atoms with E-state index >= 15 is 0 Å². The second kappa shape index (κ2) is 5.64. The summed E-state index contributed by atoms with van der Waals surface area (Å²) in [4.78, 5) is 0. The summed E-state index contributed by atoms with van der Waals surface area (Å²) in [5, 5.41) is 0.0516. The number of methoxy groups -OCH3 is 1. The van der Waals surface area contributed by atoms with Gasteiger partial charge in [-0.2, -0.15) is 0 Å². The Morgan fingerprint density at radius 3 is 2.72 bits per heavy atom. The Labute approximate surface area is 115 Å². The number of hydrogen-bond acceptors (Lipinski definition) is 2. The van der Waals surface area contributed by atoms with Gasteiger partial charge in [0.15, 0.2) is 0 Å². The molecule has 2 aromatic rings. The fourth-order valence-electron chi connectivity index (χ4n) is 2.01. The monoisotopic (exact) mass is 312 g/mol. The van der Waals surface area contributed by atoms with Gasteiger partial charge in [0, 0.05) is 0 Å². The Morgan fingerprint density at radius 1 is 1.33 bits per heavy atom. The van der Waals surface area contributed by atoms with Crippen molar-refractivity contribution in [3.05, 3.63) is 35.9 Å². The van der Waals surface area contributed by atoms with Crippen molar-refractivity contribution in [3.63, 3.8) is 0 Å². The first kappa shape index (κ1) is 10.7. The third kappa shape index (κ3) is 2.33. The van der Waals surface area contributed by atoms with Gasteiger partial charge in [0.2, 0.25) is 0 Å². The van der Waals surface area contributed by atoms with Crippen molar-refractivity contribution in [3.8, 4) is 5.75 Å². The predicted molar refractivity (Wildman–Crippen MR) is 76.4 cm³/mol. The fourth-order valence-corrected chi connectivity index (χ4v) is 3.67. The average Bonchev–Trinajstić information content (AvgIpc) is 2.43.